The first-order valence-corrected chi connectivity index (χ1v) is 6.41. The van der Waals surface area contributed by atoms with E-state index < -0.39 is 0 Å². The molecule has 0 spiro atoms. The van der Waals surface area contributed by atoms with Crippen molar-refractivity contribution in [2.75, 3.05) is 38.6 Å². The highest BCUT2D eigenvalue weighted by atomic mass is 35.5. The van der Waals surface area contributed by atoms with Crippen molar-refractivity contribution in [3.05, 3.63) is 30.3 Å². The molecular formula is C14H25Cl2N3O. The minimum absolute atomic E-state index is 0. The lowest BCUT2D eigenvalue weighted by molar-refractivity contribution is -0.121. The molecule has 0 aliphatic carbocycles. The highest BCUT2D eigenvalue weighted by molar-refractivity contribution is 5.85. The number of benzene rings is 1. The van der Waals surface area contributed by atoms with E-state index in [0.717, 1.165) is 19.5 Å². The maximum absolute atomic E-state index is 11.5. The molecule has 0 atom stereocenters. The Hall–Kier alpha value is -0.970. The van der Waals surface area contributed by atoms with E-state index in [1.54, 1.807) is 0 Å². The fourth-order valence-electron chi connectivity index (χ4n) is 1.69. The van der Waals surface area contributed by atoms with Gasteiger partial charge in [0.1, 0.15) is 0 Å². The van der Waals surface area contributed by atoms with Crippen molar-refractivity contribution in [1.29, 1.82) is 0 Å². The van der Waals surface area contributed by atoms with Crippen LogP contribution < -0.4 is 15.5 Å². The number of amides is 1. The molecule has 0 radical (unpaired) electrons. The Morgan fingerprint density at radius 1 is 1.15 bits per heavy atom. The third-order valence-corrected chi connectivity index (χ3v) is 2.80. The largest absolute Gasteiger partial charge is 0.373 e. The molecule has 1 amide bonds. The number of nitrogens with zero attached hydrogens (tertiary/aromatic N) is 1. The van der Waals surface area contributed by atoms with E-state index in [-0.39, 0.29) is 30.7 Å². The van der Waals surface area contributed by atoms with Gasteiger partial charge in [-0.3, -0.25) is 4.79 Å². The van der Waals surface area contributed by atoms with Crippen LogP contribution >= 0.6 is 24.8 Å². The second-order valence-electron chi connectivity index (χ2n) is 4.31. The van der Waals surface area contributed by atoms with Crippen molar-refractivity contribution in [2.24, 2.45) is 0 Å². The highest BCUT2D eigenvalue weighted by Crippen LogP contribution is 2.09. The van der Waals surface area contributed by atoms with Gasteiger partial charge < -0.3 is 15.5 Å². The number of hydrogen-bond acceptors (Lipinski definition) is 3. The van der Waals surface area contributed by atoms with E-state index in [1.165, 1.54) is 5.69 Å². The molecule has 1 aromatic carbocycles. The molecule has 4 nitrogen and oxygen atoms in total. The Labute approximate surface area is 134 Å². The van der Waals surface area contributed by atoms with E-state index in [9.17, 15) is 4.79 Å². The fourth-order valence-corrected chi connectivity index (χ4v) is 1.69. The Kier molecular flexibility index (Phi) is 13.9. The average molecular weight is 322 g/mol. The third kappa shape index (κ3) is 9.02. The van der Waals surface area contributed by atoms with E-state index in [4.69, 9.17) is 0 Å². The summed E-state index contributed by atoms with van der Waals surface area (Å²) < 4.78 is 0. The highest BCUT2D eigenvalue weighted by Gasteiger charge is 2.02. The second kappa shape index (κ2) is 13.0. The Morgan fingerprint density at radius 3 is 2.40 bits per heavy atom. The molecule has 0 aromatic heterocycles. The monoisotopic (exact) mass is 321 g/mol. The van der Waals surface area contributed by atoms with Crippen LogP contribution in [0.1, 0.15) is 12.8 Å². The second-order valence-corrected chi connectivity index (χ2v) is 4.31. The van der Waals surface area contributed by atoms with Gasteiger partial charge in [-0.1, -0.05) is 18.2 Å². The van der Waals surface area contributed by atoms with Crippen LogP contribution in [0.25, 0.3) is 0 Å². The van der Waals surface area contributed by atoms with Crippen molar-refractivity contribution in [2.45, 2.75) is 12.8 Å². The lowest BCUT2D eigenvalue weighted by atomic mass is 10.3. The van der Waals surface area contributed by atoms with Crippen LogP contribution in [-0.2, 0) is 4.79 Å². The van der Waals surface area contributed by atoms with Gasteiger partial charge in [0.25, 0.3) is 0 Å². The summed E-state index contributed by atoms with van der Waals surface area (Å²) in [5.74, 6) is 0.131. The smallest absolute Gasteiger partial charge is 0.220 e. The summed E-state index contributed by atoms with van der Waals surface area (Å²) in [6, 6.07) is 10.2. The third-order valence-electron chi connectivity index (χ3n) is 2.80. The van der Waals surface area contributed by atoms with Gasteiger partial charge in [-0.25, -0.2) is 0 Å². The van der Waals surface area contributed by atoms with Crippen LogP contribution in [0.3, 0.4) is 0 Å². The predicted octanol–water partition coefficient (Wildman–Crippen LogP) is 2.08. The van der Waals surface area contributed by atoms with Gasteiger partial charge in [-0.05, 0) is 32.1 Å². The zero-order chi connectivity index (χ0) is 13.2. The van der Waals surface area contributed by atoms with E-state index >= 15 is 0 Å². The first kappa shape index (κ1) is 21.3. The van der Waals surface area contributed by atoms with Crippen LogP contribution in [-0.4, -0.2) is 39.6 Å². The standard InChI is InChI=1S/C14H23N3O.2ClH/c1-15-10-6-9-14(18)16-11-12-17(2)13-7-4-3-5-8-13;;/h3-5,7-8,15H,6,9-12H2,1-2H3,(H,16,18);2*1H. The molecule has 1 rings (SSSR count). The first-order chi connectivity index (χ1) is 8.74. The van der Waals surface area contributed by atoms with Gasteiger partial charge in [0.15, 0.2) is 0 Å². The minimum atomic E-state index is 0. The summed E-state index contributed by atoms with van der Waals surface area (Å²) in [6.07, 6.45) is 1.48. The number of anilines is 1. The molecule has 1 aromatic rings. The van der Waals surface area contributed by atoms with Crippen molar-refractivity contribution in [3.63, 3.8) is 0 Å². The molecule has 116 valence electrons. The van der Waals surface area contributed by atoms with E-state index in [2.05, 4.69) is 27.7 Å². The Balaban J connectivity index is 0. The van der Waals surface area contributed by atoms with Crippen molar-refractivity contribution in [1.82, 2.24) is 10.6 Å². The molecule has 0 aliphatic rings. The molecule has 0 fully saturated rings. The zero-order valence-electron chi connectivity index (χ0n) is 12.1. The van der Waals surface area contributed by atoms with Gasteiger partial charge in [0.2, 0.25) is 5.91 Å². The molecule has 2 N–H and O–H groups in total. The molecular weight excluding hydrogens is 297 g/mol. The Morgan fingerprint density at radius 2 is 1.80 bits per heavy atom. The lowest BCUT2D eigenvalue weighted by Crippen LogP contribution is -2.33. The van der Waals surface area contributed by atoms with Crippen molar-refractivity contribution < 1.29 is 4.79 Å². The van der Waals surface area contributed by atoms with Gasteiger partial charge >= 0.3 is 0 Å². The first-order valence-electron chi connectivity index (χ1n) is 6.41. The number of rotatable bonds is 8. The molecule has 6 heteroatoms. The van der Waals surface area contributed by atoms with Crippen molar-refractivity contribution in [3.8, 4) is 0 Å². The van der Waals surface area contributed by atoms with Gasteiger partial charge in [0.05, 0.1) is 0 Å². The number of likely N-dealkylation sites (N-methyl/N-ethyl adjacent to an activating group) is 1. The summed E-state index contributed by atoms with van der Waals surface area (Å²) in [5.41, 5.74) is 1.17. The SMILES string of the molecule is CNCCCC(=O)NCCN(C)c1ccccc1.Cl.Cl. The molecule has 0 unspecified atom stereocenters. The van der Waals surface area contributed by atoms with E-state index in [1.807, 2.05) is 32.3 Å². The number of nitrogens with one attached hydrogen (secondary N) is 2. The van der Waals surface area contributed by atoms with Crippen LogP contribution in [0.15, 0.2) is 30.3 Å². The quantitative estimate of drug-likeness (QED) is 0.720. The number of halogens is 2. The molecule has 0 heterocycles. The lowest BCUT2D eigenvalue weighted by Gasteiger charge is -2.19. The van der Waals surface area contributed by atoms with Crippen LogP contribution in [0.4, 0.5) is 5.69 Å². The molecule has 0 saturated carbocycles. The van der Waals surface area contributed by atoms with Crippen molar-refractivity contribution >= 4 is 36.4 Å². The molecule has 0 saturated heterocycles. The zero-order valence-corrected chi connectivity index (χ0v) is 13.7. The van der Waals surface area contributed by atoms with Gasteiger partial charge in [-0.2, -0.15) is 0 Å². The summed E-state index contributed by atoms with van der Waals surface area (Å²) in [6.45, 7) is 2.39. The van der Waals surface area contributed by atoms with Gasteiger partial charge in [-0.15, -0.1) is 24.8 Å². The van der Waals surface area contributed by atoms with Crippen LogP contribution in [0.5, 0.6) is 0 Å². The Bertz CT molecular complexity index is 350. The normalized spacial score (nSPS) is 9.10. The summed E-state index contributed by atoms with van der Waals surface area (Å²) in [4.78, 5) is 13.6. The molecule has 20 heavy (non-hydrogen) atoms. The molecule has 0 aliphatic heterocycles. The number of hydrogen-bond donors (Lipinski definition) is 2. The van der Waals surface area contributed by atoms with E-state index in [0.29, 0.717) is 13.0 Å². The number of carbonyl (C=O) groups excluding carboxylic acids is 1. The summed E-state index contributed by atoms with van der Waals surface area (Å²) in [7, 11) is 3.93. The maximum atomic E-state index is 11.5. The predicted molar refractivity (Wildman–Crippen MR) is 90.4 cm³/mol. The maximum Gasteiger partial charge on any atom is 0.220 e. The van der Waals surface area contributed by atoms with Gasteiger partial charge in [0, 0.05) is 32.2 Å². The van der Waals surface area contributed by atoms with Crippen LogP contribution in [0.2, 0.25) is 0 Å². The minimum Gasteiger partial charge on any atom is -0.373 e. The van der Waals surface area contributed by atoms with Crippen LogP contribution in [0, 0.1) is 0 Å². The number of carbonyl (C=O) groups is 1. The summed E-state index contributed by atoms with van der Waals surface area (Å²) >= 11 is 0. The summed E-state index contributed by atoms with van der Waals surface area (Å²) in [5, 5.41) is 5.96. The molecule has 0 bridgehead atoms. The number of para-hydroxylation sites is 1. The average Bonchev–Trinajstić information content (AvgIpc) is 2.40. The topological polar surface area (TPSA) is 44.4 Å². The fraction of sp³-hybridized carbons (Fsp3) is 0.500.